The molecule has 0 N–H and O–H groups in total. The summed E-state index contributed by atoms with van der Waals surface area (Å²) in [4.78, 5) is 26.1. The van der Waals surface area contributed by atoms with Crippen LogP contribution in [-0.2, 0) is 14.1 Å². The Kier molecular flexibility index (Phi) is 3.80. The molecule has 0 aliphatic heterocycles. The van der Waals surface area contributed by atoms with E-state index in [1.807, 2.05) is 6.92 Å². The quantitative estimate of drug-likeness (QED) is 0.832. The Morgan fingerprint density at radius 2 is 2.05 bits per heavy atom. The van der Waals surface area contributed by atoms with E-state index >= 15 is 0 Å². The van der Waals surface area contributed by atoms with Crippen LogP contribution < -0.4 is 10.5 Å². The van der Waals surface area contributed by atoms with Crippen molar-refractivity contribution in [3.8, 4) is 0 Å². The standard InChI is InChI=1S/C13H15BrN4O2/c1-8-11(14)5-10(12(19)17(8)3)13(20)18(4)9-6-15-16(2)7-9/h5-7H,1-4H3. The monoisotopic (exact) mass is 338 g/mol. The lowest BCUT2D eigenvalue weighted by molar-refractivity contribution is 0.0991. The molecular weight excluding hydrogens is 324 g/mol. The Labute approximate surface area is 124 Å². The second-order valence-corrected chi connectivity index (χ2v) is 5.45. The van der Waals surface area contributed by atoms with Crippen LogP contribution in [0.25, 0.3) is 0 Å². The molecule has 0 aliphatic carbocycles. The molecule has 0 unspecified atom stereocenters. The summed E-state index contributed by atoms with van der Waals surface area (Å²) in [7, 11) is 5.03. The lowest BCUT2D eigenvalue weighted by atomic mass is 10.2. The van der Waals surface area contributed by atoms with E-state index < -0.39 is 0 Å². The summed E-state index contributed by atoms with van der Waals surface area (Å²) in [6.07, 6.45) is 3.29. The van der Waals surface area contributed by atoms with Crippen molar-refractivity contribution in [2.75, 3.05) is 11.9 Å². The van der Waals surface area contributed by atoms with Crippen molar-refractivity contribution in [1.82, 2.24) is 14.3 Å². The topological polar surface area (TPSA) is 60.1 Å². The highest BCUT2D eigenvalue weighted by atomic mass is 79.9. The second-order valence-electron chi connectivity index (χ2n) is 4.59. The highest BCUT2D eigenvalue weighted by Crippen LogP contribution is 2.17. The highest BCUT2D eigenvalue weighted by Gasteiger charge is 2.20. The third-order valence-electron chi connectivity index (χ3n) is 3.27. The maximum atomic E-state index is 12.4. The van der Waals surface area contributed by atoms with Gasteiger partial charge in [-0.25, -0.2) is 0 Å². The SMILES string of the molecule is Cc1c(Br)cc(C(=O)N(C)c2cnn(C)c2)c(=O)n1C. The third kappa shape index (κ3) is 2.40. The van der Waals surface area contributed by atoms with Crippen molar-refractivity contribution in [2.45, 2.75) is 6.92 Å². The molecule has 2 heterocycles. The van der Waals surface area contributed by atoms with Crippen LogP contribution in [0.5, 0.6) is 0 Å². The lowest BCUT2D eigenvalue weighted by Crippen LogP contribution is -2.34. The molecule has 0 atom stereocenters. The van der Waals surface area contributed by atoms with Gasteiger partial charge < -0.3 is 9.47 Å². The van der Waals surface area contributed by atoms with Crippen molar-refractivity contribution in [2.24, 2.45) is 14.1 Å². The zero-order valence-electron chi connectivity index (χ0n) is 11.7. The fourth-order valence-corrected chi connectivity index (χ4v) is 2.31. The van der Waals surface area contributed by atoms with E-state index in [9.17, 15) is 9.59 Å². The molecule has 0 fully saturated rings. The van der Waals surface area contributed by atoms with Gasteiger partial charge >= 0.3 is 0 Å². The number of pyridine rings is 1. The summed E-state index contributed by atoms with van der Waals surface area (Å²) >= 11 is 3.36. The Balaban J connectivity index is 2.47. The smallest absolute Gasteiger partial charge is 0.263 e. The van der Waals surface area contributed by atoms with Crippen molar-refractivity contribution < 1.29 is 4.79 Å². The molecule has 0 bridgehead atoms. The van der Waals surface area contributed by atoms with Crippen molar-refractivity contribution >= 4 is 27.5 Å². The molecule has 106 valence electrons. The minimum absolute atomic E-state index is 0.122. The first-order valence-corrected chi connectivity index (χ1v) is 6.75. The minimum Gasteiger partial charge on any atom is -0.314 e. The molecule has 0 spiro atoms. The molecule has 0 radical (unpaired) electrons. The number of anilines is 1. The van der Waals surface area contributed by atoms with E-state index in [4.69, 9.17) is 0 Å². The molecule has 0 aromatic carbocycles. The number of hydrogen-bond donors (Lipinski definition) is 0. The predicted molar refractivity (Wildman–Crippen MR) is 80.1 cm³/mol. The van der Waals surface area contributed by atoms with Crippen molar-refractivity contribution in [3.63, 3.8) is 0 Å². The molecule has 7 heteroatoms. The summed E-state index contributed by atoms with van der Waals surface area (Å²) in [5.41, 5.74) is 1.22. The first kappa shape index (κ1) is 14.5. The number of aromatic nitrogens is 3. The first-order chi connectivity index (χ1) is 9.32. The molecule has 6 nitrogen and oxygen atoms in total. The second kappa shape index (κ2) is 5.24. The van der Waals surface area contributed by atoms with Gasteiger partial charge in [-0.3, -0.25) is 14.3 Å². The number of aryl methyl sites for hydroxylation is 1. The van der Waals surface area contributed by atoms with Crippen LogP contribution >= 0.6 is 15.9 Å². The van der Waals surface area contributed by atoms with Gasteiger partial charge in [-0.1, -0.05) is 0 Å². The van der Waals surface area contributed by atoms with Crippen LogP contribution in [0.2, 0.25) is 0 Å². The highest BCUT2D eigenvalue weighted by molar-refractivity contribution is 9.10. The van der Waals surface area contributed by atoms with E-state index in [1.165, 1.54) is 9.47 Å². The average molecular weight is 339 g/mol. The van der Waals surface area contributed by atoms with Gasteiger partial charge in [0.25, 0.3) is 11.5 Å². The zero-order valence-corrected chi connectivity index (χ0v) is 13.3. The number of carbonyl (C=O) groups excluding carboxylic acids is 1. The molecule has 2 aromatic heterocycles. The van der Waals surface area contributed by atoms with Crippen molar-refractivity contribution in [1.29, 1.82) is 0 Å². The van der Waals surface area contributed by atoms with Gasteiger partial charge in [0, 0.05) is 37.5 Å². The maximum Gasteiger partial charge on any atom is 0.263 e. The van der Waals surface area contributed by atoms with E-state index in [-0.39, 0.29) is 17.0 Å². The Morgan fingerprint density at radius 1 is 1.40 bits per heavy atom. The minimum atomic E-state index is -0.362. The van der Waals surface area contributed by atoms with Crippen LogP contribution in [0.1, 0.15) is 16.1 Å². The zero-order chi connectivity index (χ0) is 15.0. The van der Waals surface area contributed by atoms with Gasteiger partial charge in [-0.2, -0.15) is 5.10 Å². The summed E-state index contributed by atoms with van der Waals surface area (Å²) in [6.45, 7) is 1.81. The maximum absolute atomic E-state index is 12.4. The van der Waals surface area contributed by atoms with Crippen LogP contribution in [0.4, 0.5) is 5.69 Å². The number of hydrogen-bond acceptors (Lipinski definition) is 3. The average Bonchev–Trinajstić information content (AvgIpc) is 2.85. The molecule has 2 aromatic rings. The van der Waals surface area contributed by atoms with Crippen LogP contribution in [0.3, 0.4) is 0 Å². The van der Waals surface area contributed by atoms with Gasteiger partial charge in [0.1, 0.15) is 5.56 Å². The van der Waals surface area contributed by atoms with Gasteiger partial charge in [-0.05, 0) is 28.9 Å². The van der Waals surface area contributed by atoms with Crippen LogP contribution in [0.15, 0.2) is 27.7 Å². The molecule has 2 rings (SSSR count). The molecular formula is C13H15BrN4O2. The molecule has 0 saturated carbocycles. The van der Waals surface area contributed by atoms with Gasteiger partial charge in [0.05, 0.1) is 11.9 Å². The number of nitrogens with zero attached hydrogens (tertiary/aromatic N) is 4. The number of rotatable bonds is 2. The Hall–Kier alpha value is -1.89. The van der Waals surface area contributed by atoms with Crippen LogP contribution in [-0.4, -0.2) is 27.3 Å². The van der Waals surface area contributed by atoms with E-state index in [1.54, 1.807) is 44.3 Å². The number of carbonyl (C=O) groups is 1. The van der Waals surface area contributed by atoms with E-state index in [0.29, 0.717) is 5.69 Å². The van der Waals surface area contributed by atoms with Gasteiger partial charge in [-0.15, -0.1) is 0 Å². The summed E-state index contributed by atoms with van der Waals surface area (Å²) in [6, 6.07) is 1.56. The fourth-order valence-electron chi connectivity index (χ4n) is 1.82. The number of halogens is 1. The molecule has 0 saturated heterocycles. The fraction of sp³-hybridized carbons (Fsp3) is 0.308. The summed E-state index contributed by atoms with van der Waals surface area (Å²) < 4.78 is 3.78. The Morgan fingerprint density at radius 3 is 2.60 bits per heavy atom. The van der Waals surface area contributed by atoms with Gasteiger partial charge in [0.2, 0.25) is 0 Å². The first-order valence-electron chi connectivity index (χ1n) is 5.95. The normalized spacial score (nSPS) is 10.7. The molecule has 1 amide bonds. The molecule has 20 heavy (non-hydrogen) atoms. The van der Waals surface area contributed by atoms with Gasteiger partial charge in [0.15, 0.2) is 0 Å². The van der Waals surface area contributed by atoms with E-state index in [0.717, 1.165) is 10.2 Å². The molecule has 0 aliphatic rings. The Bertz CT molecular complexity index is 732. The summed E-state index contributed by atoms with van der Waals surface area (Å²) in [5, 5.41) is 4.02. The summed E-state index contributed by atoms with van der Waals surface area (Å²) in [5.74, 6) is -0.362. The van der Waals surface area contributed by atoms with E-state index in [2.05, 4.69) is 21.0 Å². The largest absolute Gasteiger partial charge is 0.314 e. The van der Waals surface area contributed by atoms with Crippen LogP contribution in [0, 0.1) is 6.92 Å². The third-order valence-corrected chi connectivity index (χ3v) is 4.07. The number of amides is 1. The predicted octanol–water partition coefficient (Wildman–Crippen LogP) is 1.47. The lowest BCUT2D eigenvalue weighted by Gasteiger charge is -2.16. The van der Waals surface area contributed by atoms with Crippen molar-refractivity contribution in [3.05, 3.63) is 44.5 Å².